The van der Waals surface area contributed by atoms with Crippen LogP contribution in [0.1, 0.15) is 48.8 Å². The number of benzene rings is 2. The Bertz CT molecular complexity index is 949. The zero-order valence-corrected chi connectivity index (χ0v) is 18.0. The van der Waals surface area contributed by atoms with E-state index in [-0.39, 0.29) is 29.2 Å². The van der Waals surface area contributed by atoms with Crippen molar-refractivity contribution in [1.29, 1.82) is 0 Å². The molecule has 1 fully saturated rings. The van der Waals surface area contributed by atoms with Crippen LogP contribution in [0.3, 0.4) is 0 Å². The van der Waals surface area contributed by atoms with E-state index in [0.717, 1.165) is 18.4 Å². The molecule has 2 aromatic carbocycles. The van der Waals surface area contributed by atoms with Crippen molar-refractivity contribution in [1.82, 2.24) is 10.0 Å². The van der Waals surface area contributed by atoms with Gasteiger partial charge in [-0.1, -0.05) is 55.3 Å². The van der Waals surface area contributed by atoms with Crippen LogP contribution >= 0.6 is 0 Å². The van der Waals surface area contributed by atoms with Crippen molar-refractivity contribution in [3.05, 3.63) is 65.2 Å². The molecule has 156 valence electrons. The number of amides is 1. The summed E-state index contributed by atoms with van der Waals surface area (Å²) < 4.78 is 27.6. The lowest BCUT2D eigenvalue weighted by atomic mass is 9.79. The predicted octanol–water partition coefficient (Wildman–Crippen LogP) is 3.60. The summed E-state index contributed by atoms with van der Waals surface area (Å²) in [4.78, 5) is 12.6. The zero-order valence-electron chi connectivity index (χ0n) is 17.2. The van der Waals surface area contributed by atoms with Crippen molar-refractivity contribution in [2.24, 2.45) is 0 Å². The quantitative estimate of drug-likeness (QED) is 0.693. The van der Waals surface area contributed by atoms with Gasteiger partial charge in [-0.3, -0.25) is 4.79 Å². The molecule has 0 radical (unpaired) electrons. The minimum Gasteiger partial charge on any atom is -0.355 e. The van der Waals surface area contributed by atoms with Gasteiger partial charge in [0.25, 0.3) is 0 Å². The summed E-state index contributed by atoms with van der Waals surface area (Å²) in [7, 11) is -3.62. The highest BCUT2D eigenvalue weighted by Gasteiger charge is 2.35. The van der Waals surface area contributed by atoms with Gasteiger partial charge in [-0.05, 0) is 49.4 Å². The first-order valence-corrected chi connectivity index (χ1v) is 11.7. The van der Waals surface area contributed by atoms with Gasteiger partial charge in [0.2, 0.25) is 15.9 Å². The first-order valence-electron chi connectivity index (χ1n) is 10.2. The molecule has 0 bridgehead atoms. The number of carbonyl (C=O) groups is 1. The fraction of sp³-hybridized carbons (Fsp3) is 0.435. The Hall–Kier alpha value is -2.18. The highest BCUT2D eigenvalue weighted by atomic mass is 32.2. The molecule has 3 rings (SSSR count). The highest BCUT2D eigenvalue weighted by molar-refractivity contribution is 7.89. The van der Waals surface area contributed by atoms with Gasteiger partial charge in [-0.2, -0.15) is 0 Å². The second-order valence-electron chi connectivity index (χ2n) is 8.05. The Morgan fingerprint density at radius 3 is 2.41 bits per heavy atom. The average Bonchev–Trinajstić information content (AvgIpc) is 3.19. The van der Waals surface area contributed by atoms with Gasteiger partial charge in [-0.25, -0.2) is 13.1 Å². The third-order valence-electron chi connectivity index (χ3n) is 5.85. The first-order chi connectivity index (χ1) is 13.8. The van der Waals surface area contributed by atoms with Gasteiger partial charge in [0.1, 0.15) is 0 Å². The molecule has 1 aliphatic rings. The molecule has 0 spiro atoms. The molecule has 1 amide bonds. The Kier molecular flexibility index (Phi) is 6.75. The van der Waals surface area contributed by atoms with Crippen molar-refractivity contribution in [2.45, 2.75) is 56.3 Å². The van der Waals surface area contributed by atoms with Gasteiger partial charge in [0, 0.05) is 24.9 Å². The molecule has 1 aliphatic carbocycles. The molecular weight excluding hydrogens is 384 g/mol. The van der Waals surface area contributed by atoms with Crippen LogP contribution in [-0.2, 0) is 20.2 Å². The number of carbonyl (C=O) groups excluding carboxylic acids is 1. The predicted molar refractivity (Wildman–Crippen MR) is 115 cm³/mol. The van der Waals surface area contributed by atoms with Crippen LogP contribution in [0.4, 0.5) is 0 Å². The lowest BCUT2D eigenvalue weighted by Gasteiger charge is -2.30. The summed E-state index contributed by atoms with van der Waals surface area (Å²) in [5.74, 6) is -0.129. The molecule has 0 heterocycles. The SMILES string of the molecule is Cc1ccc(C)c(S(=O)(=O)NCCC(=O)NCC2(c3ccccc3)CCCC2)c1. The number of hydrogen-bond acceptors (Lipinski definition) is 3. The smallest absolute Gasteiger partial charge is 0.240 e. The number of sulfonamides is 1. The van der Waals surface area contributed by atoms with Crippen LogP contribution in [0.25, 0.3) is 0 Å². The van der Waals surface area contributed by atoms with Crippen molar-refractivity contribution in [3.63, 3.8) is 0 Å². The van der Waals surface area contributed by atoms with E-state index in [0.29, 0.717) is 12.1 Å². The Balaban J connectivity index is 1.54. The van der Waals surface area contributed by atoms with Gasteiger partial charge in [-0.15, -0.1) is 0 Å². The molecule has 1 saturated carbocycles. The molecular formula is C23H30N2O3S. The molecule has 0 saturated heterocycles. The molecule has 0 unspecified atom stereocenters. The van der Waals surface area contributed by atoms with Crippen molar-refractivity contribution < 1.29 is 13.2 Å². The van der Waals surface area contributed by atoms with E-state index >= 15 is 0 Å². The molecule has 6 heteroatoms. The second kappa shape index (κ2) is 9.09. The summed E-state index contributed by atoms with van der Waals surface area (Å²) in [5, 5.41) is 3.04. The zero-order chi connectivity index (χ0) is 20.9. The highest BCUT2D eigenvalue weighted by Crippen LogP contribution is 2.40. The maximum atomic E-state index is 12.5. The summed E-state index contributed by atoms with van der Waals surface area (Å²) in [6, 6.07) is 15.7. The molecule has 0 atom stereocenters. The fourth-order valence-electron chi connectivity index (χ4n) is 4.14. The van der Waals surface area contributed by atoms with Crippen molar-refractivity contribution in [3.8, 4) is 0 Å². The average molecular weight is 415 g/mol. The fourth-order valence-corrected chi connectivity index (χ4v) is 5.50. The Morgan fingerprint density at radius 1 is 1.03 bits per heavy atom. The maximum absolute atomic E-state index is 12.5. The van der Waals surface area contributed by atoms with Gasteiger partial charge < -0.3 is 5.32 Å². The lowest BCUT2D eigenvalue weighted by molar-refractivity contribution is -0.121. The largest absolute Gasteiger partial charge is 0.355 e. The van der Waals surface area contributed by atoms with Crippen LogP contribution in [0.15, 0.2) is 53.4 Å². The van der Waals surface area contributed by atoms with E-state index in [4.69, 9.17) is 0 Å². The minimum absolute atomic E-state index is 0.00486. The van der Waals surface area contributed by atoms with E-state index in [1.54, 1.807) is 19.1 Å². The van der Waals surface area contributed by atoms with Crippen LogP contribution in [0.2, 0.25) is 0 Å². The number of aryl methyl sites for hydroxylation is 2. The van der Waals surface area contributed by atoms with Crippen LogP contribution in [-0.4, -0.2) is 27.4 Å². The summed E-state index contributed by atoms with van der Waals surface area (Å²) in [5.41, 5.74) is 2.85. The number of nitrogens with one attached hydrogen (secondary N) is 2. The normalized spacial score (nSPS) is 15.9. The molecule has 2 N–H and O–H groups in total. The molecule has 29 heavy (non-hydrogen) atoms. The second-order valence-corrected chi connectivity index (χ2v) is 9.78. The lowest BCUT2D eigenvalue weighted by Crippen LogP contribution is -2.40. The van der Waals surface area contributed by atoms with Crippen LogP contribution < -0.4 is 10.0 Å². The Morgan fingerprint density at radius 2 is 1.72 bits per heavy atom. The number of rotatable bonds is 8. The number of hydrogen-bond donors (Lipinski definition) is 2. The molecule has 0 aliphatic heterocycles. The van der Waals surface area contributed by atoms with Gasteiger partial charge in [0.15, 0.2) is 0 Å². The maximum Gasteiger partial charge on any atom is 0.240 e. The summed E-state index contributed by atoms with van der Waals surface area (Å²) >= 11 is 0. The standard InChI is InChI=1S/C23H30N2O3S/c1-18-10-11-19(2)21(16-18)29(27,28)25-15-12-22(26)24-17-23(13-6-7-14-23)20-8-4-3-5-9-20/h3-5,8-11,16,25H,6-7,12-15,17H2,1-2H3,(H,24,26). The van der Waals surface area contributed by atoms with E-state index in [1.807, 2.05) is 31.2 Å². The molecule has 0 aromatic heterocycles. The Labute approximate surface area is 174 Å². The van der Waals surface area contributed by atoms with E-state index in [9.17, 15) is 13.2 Å². The third kappa shape index (κ3) is 5.25. The van der Waals surface area contributed by atoms with Crippen LogP contribution in [0.5, 0.6) is 0 Å². The van der Waals surface area contributed by atoms with E-state index in [1.165, 1.54) is 18.4 Å². The minimum atomic E-state index is -3.62. The van der Waals surface area contributed by atoms with Crippen LogP contribution in [0, 0.1) is 13.8 Å². The topological polar surface area (TPSA) is 75.3 Å². The van der Waals surface area contributed by atoms with E-state index < -0.39 is 10.0 Å². The molecule has 2 aromatic rings. The van der Waals surface area contributed by atoms with Crippen molar-refractivity contribution >= 4 is 15.9 Å². The summed E-state index contributed by atoms with van der Waals surface area (Å²) in [6.07, 6.45) is 4.59. The third-order valence-corrected chi connectivity index (χ3v) is 7.45. The first kappa shape index (κ1) is 21.5. The monoisotopic (exact) mass is 414 g/mol. The molecule has 5 nitrogen and oxygen atoms in total. The summed E-state index contributed by atoms with van der Waals surface area (Å²) in [6.45, 7) is 4.31. The van der Waals surface area contributed by atoms with Gasteiger partial charge >= 0.3 is 0 Å². The van der Waals surface area contributed by atoms with Crippen molar-refractivity contribution in [2.75, 3.05) is 13.1 Å². The van der Waals surface area contributed by atoms with E-state index in [2.05, 4.69) is 22.2 Å². The van der Waals surface area contributed by atoms with Gasteiger partial charge in [0.05, 0.1) is 4.90 Å².